The van der Waals surface area contributed by atoms with Crippen molar-refractivity contribution in [2.24, 2.45) is 0 Å². The Morgan fingerprint density at radius 1 is 0.679 bits per heavy atom. The molecule has 0 aromatic heterocycles. The second kappa shape index (κ2) is 24.2. The Morgan fingerprint density at radius 2 is 1.04 bits per heavy atom. The highest BCUT2D eigenvalue weighted by atomic mass is 16.4. The van der Waals surface area contributed by atoms with Crippen molar-refractivity contribution in [3.05, 3.63) is 12.2 Å². The number of aliphatic hydroxyl groups excluding tert-OH is 1. The average Bonchev–Trinajstić information content (AvgIpc) is 2.66. The number of hydrogen-bond acceptors (Lipinski definition) is 2. The van der Waals surface area contributed by atoms with Gasteiger partial charge in [-0.25, -0.2) is 4.79 Å². The first-order chi connectivity index (χ1) is 13.2. The molecule has 0 amide bonds. The van der Waals surface area contributed by atoms with E-state index in [1.807, 2.05) is 0 Å². The zero-order valence-corrected chi connectivity index (χ0v) is 18.0. The molecule has 3 heteroatoms. The van der Waals surface area contributed by atoms with Crippen LogP contribution in [0.4, 0.5) is 0 Å². The molecule has 28 heavy (non-hydrogen) atoms. The second-order valence-electron chi connectivity index (χ2n) is 7.99. The third kappa shape index (κ3) is 23.2. The van der Waals surface area contributed by atoms with E-state index in [0.717, 1.165) is 19.3 Å². The van der Waals surface area contributed by atoms with Gasteiger partial charge in [0, 0.05) is 0 Å². The van der Waals surface area contributed by atoms with Gasteiger partial charge in [0.2, 0.25) is 0 Å². The number of carbonyl (C=O) groups is 1. The van der Waals surface area contributed by atoms with Gasteiger partial charge in [0.25, 0.3) is 0 Å². The molecule has 0 aliphatic carbocycles. The predicted octanol–water partition coefficient (Wildman–Crippen LogP) is 8.06. The smallest absolute Gasteiger partial charge is 0.332 e. The van der Waals surface area contributed by atoms with E-state index < -0.39 is 12.1 Å². The lowest BCUT2D eigenvalue weighted by molar-refractivity contribution is -0.146. The molecule has 0 bridgehead atoms. The molecule has 2 N–H and O–H groups in total. The molecule has 0 heterocycles. The van der Waals surface area contributed by atoms with Crippen LogP contribution in [0.3, 0.4) is 0 Å². The molecule has 0 radical (unpaired) electrons. The predicted molar refractivity (Wildman–Crippen MR) is 123 cm³/mol. The largest absolute Gasteiger partial charge is 0.479 e. The summed E-state index contributed by atoms with van der Waals surface area (Å²) in [6.45, 7) is 2.27. The maximum absolute atomic E-state index is 10.5. The zero-order valence-electron chi connectivity index (χ0n) is 18.0. The molecule has 0 aromatic rings. The van der Waals surface area contributed by atoms with Crippen LogP contribution in [0.2, 0.25) is 0 Å². The first-order valence-corrected chi connectivity index (χ1v) is 11.7. The van der Waals surface area contributed by atoms with E-state index in [1.54, 1.807) is 0 Å². The molecule has 0 saturated carbocycles. The average molecular weight is 399 g/mol. The van der Waals surface area contributed by atoms with Crippen molar-refractivity contribution in [2.75, 3.05) is 0 Å². The van der Waals surface area contributed by atoms with Crippen molar-refractivity contribution in [3.8, 4) is 0 Å². The molecule has 0 aliphatic heterocycles. The quantitative estimate of drug-likeness (QED) is 0.152. The summed E-state index contributed by atoms with van der Waals surface area (Å²) in [6.07, 6.45) is 27.1. The van der Waals surface area contributed by atoms with Crippen LogP contribution in [0.15, 0.2) is 12.2 Å². The standard InChI is InChI=1S/C24H46O3.CH4/c1-2-3-4-5-6-7-8-9-10-11-12-13-14-15-16-17-18-19-20-21-22-23(25)24(26)27;/h9-10,23,25H,2-8,11-22H2,1H3,(H,26,27);1H4/b10-9-;. The third-order valence-electron chi connectivity index (χ3n) is 5.27. The lowest BCUT2D eigenvalue weighted by atomic mass is 10.0. The highest BCUT2D eigenvalue weighted by Crippen LogP contribution is 2.13. The lowest BCUT2D eigenvalue weighted by Crippen LogP contribution is -2.18. The summed E-state index contributed by atoms with van der Waals surface area (Å²) in [5, 5.41) is 17.8. The summed E-state index contributed by atoms with van der Waals surface area (Å²) in [5.74, 6) is -1.09. The Labute approximate surface area is 176 Å². The summed E-state index contributed by atoms with van der Waals surface area (Å²) in [4.78, 5) is 10.5. The van der Waals surface area contributed by atoms with Crippen molar-refractivity contribution in [1.82, 2.24) is 0 Å². The number of allylic oxidation sites excluding steroid dienone is 2. The van der Waals surface area contributed by atoms with E-state index in [0.29, 0.717) is 6.42 Å². The molecular formula is C25H50O3. The van der Waals surface area contributed by atoms with Gasteiger partial charge in [-0.1, -0.05) is 116 Å². The van der Waals surface area contributed by atoms with Gasteiger partial charge >= 0.3 is 5.97 Å². The first-order valence-electron chi connectivity index (χ1n) is 11.7. The number of unbranched alkanes of at least 4 members (excludes halogenated alkanes) is 16. The van der Waals surface area contributed by atoms with Gasteiger partial charge in [0.05, 0.1) is 0 Å². The SMILES string of the molecule is C.CCCCCCCC/C=C\CCCCCCCCCCCCC(O)C(=O)O. The molecule has 168 valence electrons. The number of aliphatic carboxylic acids is 1. The monoisotopic (exact) mass is 398 g/mol. The van der Waals surface area contributed by atoms with Gasteiger partial charge < -0.3 is 10.2 Å². The second-order valence-corrected chi connectivity index (χ2v) is 7.99. The van der Waals surface area contributed by atoms with E-state index in [-0.39, 0.29) is 7.43 Å². The Hall–Kier alpha value is -0.830. The van der Waals surface area contributed by atoms with Crippen LogP contribution in [0.1, 0.15) is 136 Å². The molecule has 1 atom stereocenters. The fourth-order valence-corrected chi connectivity index (χ4v) is 3.42. The molecule has 1 unspecified atom stereocenters. The van der Waals surface area contributed by atoms with Gasteiger partial charge in [0.1, 0.15) is 0 Å². The van der Waals surface area contributed by atoms with E-state index in [1.165, 1.54) is 96.3 Å². The maximum atomic E-state index is 10.5. The van der Waals surface area contributed by atoms with Gasteiger partial charge in [-0.2, -0.15) is 0 Å². The lowest BCUT2D eigenvalue weighted by Gasteiger charge is -2.05. The number of aliphatic hydroxyl groups is 1. The van der Waals surface area contributed by atoms with Crippen LogP contribution >= 0.6 is 0 Å². The van der Waals surface area contributed by atoms with Crippen molar-refractivity contribution in [1.29, 1.82) is 0 Å². The highest BCUT2D eigenvalue weighted by molar-refractivity contribution is 5.71. The molecule has 0 aliphatic rings. The van der Waals surface area contributed by atoms with E-state index >= 15 is 0 Å². The Bertz CT molecular complexity index is 339. The minimum Gasteiger partial charge on any atom is -0.479 e. The molecule has 0 rings (SSSR count). The van der Waals surface area contributed by atoms with Crippen LogP contribution in [0, 0.1) is 0 Å². The molecule has 0 spiro atoms. The molecule has 0 aromatic carbocycles. The first kappa shape index (κ1) is 29.4. The zero-order chi connectivity index (χ0) is 20.0. The normalized spacial score (nSPS) is 12.2. The summed E-state index contributed by atoms with van der Waals surface area (Å²) in [6, 6.07) is 0. The molecule has 3 nitrogen and oxygen atoms in total. The van der Waals surface area contributed by atoms with Crippen molar-refractivity contribution in [2.45, 2.75) is 142 Å². The summed E-state index contributed by atoms with van der Waals surface area (Å²) >= 11 is 0. The topological polar surface area (TPSA) is 57.5 Å². The minimum absolute atomic E-state index is 0. The highest BCUT2D eigenvalue weighted by Gasteiger charge is 2.11. The number of carboxylic acid groups (broad SMARTS) is 1. The van der Waals surface area contributed by atoms with Crippen LogP contribution in [0.5, 0.6) is 0 Å². The Kier molecular flexibility index (Phi) is 25.4. The van der Waals surface area contributed by atoms with Crippen LogP contribution in [0.25, 0.3) is 0 Å². The Balaban J connectivity index is 0. The Morgan fingerprint density at radius 3 is 1.43 bits per heavy atom. The molecule has 0 fully saturated rings. The fourth-order valence-electron chi connectivity index (χ4n) is 3.42. The summed E-state index contributed by atoms with van der Waals surface area (Å²) < 4.78 is 0. The van der Waals surface area contributed by atoms with Crippen molar-refractivity contribution < 1.29 is 15.0 Å². The number of carboxylic acids is 1. The van der Waals surface area contributed by atoms with Gasteiger partial charge in [-0.05, 0) is 32.1 Å². The minimum atomic E-state index is -1.17. The molecular weight excluding hydrogens is 348 g/mol. The third-order valence-corrected chi connectivity index (χ3v) is 5.27. The number of hydrogen-bond donors (Lipinski definition) is 2. The van der Waals surface area contributed by atoms with Gasteiger partial charge in [-0.15, -0.1) is 0 Å². The maximum Gasteiger partial charge on any atom is 0.332 e. The van der Waals surface area contributed by atoms with Crippen molar-refractivity contribution in [3.63, 3.8) is 0 Å². The fraction of sp³-hybridized carbons (Fsp3) is 0.880. The van der Waals surface area contributed by atoms with Crippen LogP contribution < -0.4 is 0 Å². The van der Waals surface area contributed by atoms with Crippen LogP contribution in [-0.2, 0) is 4.79 Å². The van der Waals surface area contributed by atoms with E-state index in [4.69, 9.17) is 5.11 Å². The summed E-state index contributed by atoms with van der Waals surface area (Å²) in [7, 11) is 0. The van der Waals surface area contributed by atoms with Gasteiger partial charge in [-0.3, -0.25) is 0 Å². The summed E-state index contributed by atoms with van der Waals surface area (Å²) in [5.41, 5.74) is 0. The van der Waals surface area contributed by atoms with Crippen molar-refractivity contribution >= 4 is 5.97 Å². The van der Waals surface area contributed by atoms with E-state index in [2.05, 4.69) is 19.1 Å². The molecule has 0 saturated heterocycles. The number of rotatable bonds is 21. The van der Waals surface area contributed by atoms with Crippen LogP contribution in [-0.4, -0.2) is 22.3 Å². The van der Waals surface area contributed by atoms with Gasteiger partial charge in [0.15, 0.2) is 6.10 Å². The van der Waals surface area contributed by atoms with E-state index in [9.17, 15) is 9.90 Å².